The summed E-state index contributed by atoms with van der Waals surface area (Å²) >= 11 is 7.22. The average Bonchev–Trinajstić information content (AvgIpc) is 2.99. The number of carbonyl (C=O) groups is 1. The number of hydrogen-bond acceptors (Lipinski definition) is 5. The minimum Gasteiger partial charge on any atom is -0.335 e. The van der Waals surface area contributed by atoms with Crippen LogP contribution in [0.4, 0.5) is 10.1 Å². The van der Waals surface area contributed by atoms with Crippen molar-refractivity contribution >= 4 is 34.5 Å². The van der Waals surface area contributed by atoms with Crippen LogP contribution in [0.15, 0.2) is 24.3 Å². The normalized spacial score (nSPS) is 15.3. The van der Waals surface area contributed by atoms with Crippen molar-refractivity contribution in [3.63, 3.8) is 0 Å². The Labute approximate surface area is 158 Å². The SMILES string of the molecule is Cc1sc(C(=O)N2CCN(Cc3ccc(F)cc3Cl)CC2)cc1[N+](=O)[O-]. The van der Waals surface area contributed by atoms with Crippen molar-refractivity contribution in [2.75, 3.05) is 26.2 Å². The highest BCUT2D eigenvalue weighted by Crippen LogP contribution is 2.29. The number of thiophene rings is 1. The molecule has 0 saturated carbocycles. The lowest BCUT2D eigenvalue weighted by molar-refractivity contribution is -0.385. The Morgan fingerprint density at radius 2 is 2.00 bits per heavy atom. The predicted octanol–water partition coefficient (Wildman–Crippen LogP) is 3.72. The van der Waals surface area contributed by atoms with Gasteiger partial charge < -0.3 is 4.90 Å². The summed E-state index contributed by atoms with van der Waals surface area (Å²) in [5.41, 5.74) is 0.834. The molecule has 26 heavy (non-hydrogen) atoms. The monoisotopic (exact) mass is 397 g/mol. The Morgan fingerprint density at radius 3 is 2.58 bits per heavy atom. The van der Waals surface area contributed by atoms with Gasteiger partial charge in [0.25, 0.3) is 11.6 Å². The number of nitro groups is 1. The van der Waals surface area contributed by atoms with Gasteiger partial charge in [-0.15, -0.1) is 11.3 Å². The molecule has 1 saturated heterocycles. The number of aryl methyl sites for hydroxylation is 1. The first-order valence-corrected chi connectivity index (χ1v) is 9.25. The average molecular weight is 398 g/mol. The first-order chi connectivity index (χ1) is 12.3. The first-order valence-electron chi connectivity index (χ1n) is 8.05. The van der Waals surface area contributed by atoms with Gasteiger partial charge in [0.2, 0.25) is 0 Å². The summed E-state index contributed by atoms with van der Waals surface area (Å²) in [6.07, 6.45) is 0. The van der Waals surface area contributed by atoms with Gasteiger partial charge in [0.1, 0.15) is 5.82 Å². The van der Waals surface area contributed by atoms with Gasteiger partial charge in [-0.05, 0) is 24.6 Å². The van der Waals surface area contributed by atoms with Crippen LogP contribution in [-0.2, 0) is 6.54 Å². The van der Waals surface area contributed by atoms with Crippen LogP contribution in [0, 0.1) is 22.9 Å². The summed E-state index contributed by atoms with van der Waals surface area (Å²) < 4.78 is 13.1. The van der Waals surface area contributed by atoms with Crippen molar-refractivity contribution in [3.05, 3.63) is 60.5 Å². The molecule has 0 spiro atoms. The van der Waals surface area contributed by atoms with E-state index in [-0.39, 0.29) is 17.4 Å². The molecule has 1 aromatic carbocycles. The van der Waals surface area contributed by atoms with Crippen LogP contribution in [0.5, 0.6) is 0 Å². The summed E-state index contributed by atoms with van der Waals surface area (Å²) in [6.45, 7) is 4.61. The van der Waals surface area contributed by atoms with Crippen LogP contribution in [0.25, 0.3) is 0 Å². The van der Waals surface area contributed by atoms with Gasteiger partial charge in [-0.25, -0.2) is 4.39 Å². The Bertz CT molecular complexity index is 850. The van der Waals surface area contributed by atoms with Crippen molar-refractivity contribution in [1.29, 1.82) is 0 Å². The highest BCUT2D eigenvalue weighted by atomic mass is 35.5. The van der Waals surface area contributed by atoms with Gasteiger partial charge in [-0.3, -0.25) is 19.8 Å². The lowest BCUT2D eigenvalue weighted by atomic mass is 10.2. The summed E-state index contributed by atoms with van der Waals surface area (Å²) in [4.78, 5) is 27.8. The lowest BCUT2D eigenvalue weighted by Crippen LogP contribution is -2.48. The fraction of sp³-hybridized carbons (Fsp3) is 0.353. The number of carbonyl (C=O) groups excluding carboxylic acids is 1. The largest absolute Gasteiger partial charge is 0.335 e. The second-order valence-corrected chi connectivity index (χ2v) is 7.78. The third-order valence-electron chi connectivity index (χ3n) is 4.37. The summed E-state index contributed by atoms with van der Waals surface area (Å²) in [6, 6.07) is 5.70. The van der Waals surface area contributed by atoms with Gasteiger partial charge in [0.15, 0.2) is 0 Å². The highest BCUT2D eigenvalue weighted by molar-refractivity contribution is 7.14. The quantitative estimate of drug-likeness (QED) is 0.582. The van der Waals surface area contributed by atoms with E-state index in [4.69, 9.17) is 11.6 Å². The van der Waals surface area contributed by atoms with Gasteiger partial charge in [-0.1, -0.05) is 17.7 Å². The fourth-order valence-electron chi connectivity index (χ4n) is 2.91. The maximum absolute atomic E-state index is 13.1. The van der Waals surface area contributed by atoms with Crippen molar-refractivity contribution in [2.45, 2.75) is 13.5 Å². The number of hydrogen-bond donors (Lipinski definition) is 0. The van der Waals surface area contributed by atoms with Crippen LogP contribution in [0.3, 0.4) is 0 Å². The number of rotatable bonds is 4. The van der Waals surface area contributed by atoms with Crippen LogP contribution in [0.1, 0.15) is 20.1 Å². The van der Waals surface area contributed by atoms with Crippen LogP contribution < -0.4 is 0 Å². The Morgan fingerprint density at radius 1 is 1.31 bits per heavy atom. The summed E-state index contributed by atoms with van der Waals surface area (Å²) in [7, 11) is 0. The molecule has 1 aliphatic heterocycles. The molecule has 0 aliphatic carbocycles. The molecule has 1 fully saturated rings. The van der Waals surface area contributed by atoms with E-state index in [2.05, 4.69) is 4.90 Å². The van der Waals surface area contributed by atoms with Gasteiger partial charge in [0.05, 0.1) is 14.7 Å². The second kappa shape index (κ2) is 7.69. The van der Waals surface area contributed by atoms with Crippen molar-refractivity contribution in [1.82, 2.24) is 9.80 Å². The molecule has 0 N–H and O–H groups in total. The van der Waals surface area contributed by atoms with Gasteiger partial charge in [0, 0.05) is 43.8 Å². The molecular weight excluding hydrogens is 381 g/mol. The fourth-order valence-corrected chi connectivity index (χ4v) is 4.10. The van der Waals surface area contributed by atoms with E-state index in [1.165, 1.54) is 18.2 Å². The van der Waals surface area contributed by atoms with Crippen LogP contribution >= 0.6 is 22.9 Å². The zero-order valence-corrected chi connectivity index (χ0v) is 15.6. The molecule has 0 bridgehead atoms. The van der Waals surface area contributed by atoms with Crippen LogP contribution in [-0.4, -0.2) is 46.8 Å². The molecule has 138 valence electrons. The zero-order valence-electron chi connectivity index (χ0n) is 14.1. The first kappa shape index (κ1) is 18.8. The number of piperazine rings is 1. The highest BCUT2D eigenvalue weighted by Gasteiger charge is 2.26. The molecule has 6 nitrogen and oxygen atoms in total. The zero-order chi connectivity index (χ0) is 18.8. The number of halogens is 2. The predicted molar refractivity (Wildman–Crippen MR) is 98.3 cm³/mol. The number of amides is 1. The number of nitrogens with zero attached hydrogens (tertiary/aromatic N) is 3. The van der Waals surface area contributed by atoms with Crippen LogP contribution in [0.2, 0.25) is 5.02 Å². The minimum atomic E-state index is -0.465. The van der Waals surface area contributed by atoms with E-state index in [9.17, 15) is 19.3 Å². The van der Waals surface area contributed by atoms with E-state index in [1.807, 2.05) is 0 Å². The number of benzene rings is 1. The van der Waals surface area contributed by atoms with E-state index in [0.717, 1.165) is 16.9 Å². The Hall–Kier alpha value is -2.03. The molecular formula is C17H17ClFN3O3S. The minimum absolute atomic E-state index is 0.0112. The third kappa shape index (κ3) is 4.03. The Balaban J connectivity index is 1.60. The summed E-state index contributed by atoms with van der Waals surface area (Å²) in [5, 5.41) is 11.3. The standard InChI is InChI=1S/C17H17ClFN3O3S/c1-11-15(22(24)25)9-16(26-11)17(23)21-6-4-20(5-7-21)10-12-2-3-13(19)8-14(12)18/h2-3,8-9H,4-7,10H2,1H3. The summed E-state index contributed by atoms with van der Waals surface area (Å²) in [5.74, 6) is -0.542. The van der Waals surface area contributed by atoms with Crippen molar-refractivity contribution < 1.29 is 14.1 Å². The lowest BCUT2D eigenvalue weighted by Gasteiger charge is -2.34. The molecule has 2 heterocycles. The molecule has 1 aromatic heterocycles. The van der Waals surface area contributed by atoms with E-state index < -0.39 is 4.92 Å². The molecule has 0 unspecified atom stereocenters. The molecule has 1 amide bonds. The van der Waals surface area contributed by atoms with Gasteiger partial charge >= 0.3 is 0 Å². The maximum atomic E-state index is 13.1. The topological polar surface area (TPSA) is 66.7 Å². The molecule has 0 radical (unpaired) electrons. The second-order valence-electron chi connectivity index (χ2n) is 6.11. The van der Waals surface area contributed by atoms with E-state index in [0.29, 0.717) is 47.5 Å². The molecule has 9 heteroatoms. The van der Waals surface area contributed by atoms with E-state index >= 15 is 0 Å². The Kier molecular flexibility index (Phi) is 5.55. The third-order valence-corrected chi connectivity index (χ3v) is 5.75. The molecule has 2 aromatic rings. The smallest absolute Gasteiger partial charge is 0.283 e. The van der Waals surface area contributed by atoms with Crippen molar-refractivity contribution in [3.8, 4) is 0 Å². The molecule has 1 aliphatic rings. The van der Waals surface area contributed by atoms with E-state index in [1.54, 1.807) is 17.9 Å². The maximum Gasteiger partial charge on any atom is 0.283 e. The molecule has 0 atom stereocenters. The van der Waals surface area contributed by atoms with Gasteiger partial charge in [-0.2, -0.15) is 0 Å². The van der Waals surface area contributed by atoms with Crippen molar-refractivity contribution in [2.24, 2.45) is 0 Å². The molecule has 3 rings (SSSR count).